The van der Waals surface area contributed by atoms with E-state index in [-0.39, 0.29) is 18.2 Å². The quantitative estimate of drug-likeness (QED) is 0.682. The van der Waals surface area contributed by atoms with Crippen LogP contribution in [0.5, 0.6) is 0 Å². The molecule has 0 aliphatic carbocycles. The molecule has 1 aromatic carbocycles. The summed E-state index contributed by atoms with van der Waals surface area (Å²) in [5.41, 5.74) is 2.11. The van der Waals surface area contributed by atoms with Gasteiger partial charge in [0.25, 0.3) is 5.91 Å². The van der Waals surface area contributed by atoms with Gasteiger partial charge in [0.2, 0.25) is 5.76 Å². The van der Waals surface area contributed by atoms with Crippen LogP contribution in [-0.2, 0) is 27.2 Å². The molecule has 0 N–H and O–H groups in total. The van der Waals surface area contributed by atoms with Gasteiger partial charge in [-0.25, -0.2) is 4.98 Å². The largest absolute Gasteiger partial charge is 0.494 e. The minimum Gasteiger partial charge on any atom is -0.494 e. The number of thiazole rings is 1. The number of furan rings is 1. The van der Waals surface area contributed by atoms with E-state index in [2.05, 4.69) is 24.0 Å². The summed E-state index contributed by atoms with van der Waals surface area (Å²) in [6.45, 7) is 3.18. The number of amides is 1. The van der Waals surface area contributed by atoms with Gasteiger partial charge in [-0.1, -0.05) is 24.3 Å². The lowest BCUT2D eigenvalue weighted by Gasteiger charge is -2.22. The number of carbonyl (C=O) groups is 1. The molecular formula is C19H18N2O4S. The average Bonchev–Trinajstić information content (AvgIpc) is 3.34. The number of fused-ring (bicyclic) bond motifs is 1. The lowest BCUT2D eigenvalue weighted by Crippen LogP contribution is -2.33. The van der Waals surface area contributed by atoms with Crippen LogP contribution in [0.4, 0.5) is 5.13 Å². The van der Waals surface area contributed by atoms with E-state index in [1.165, 1.54) is 23.2 Å². The predicted octanol–water partition coefficient (Wildman–Crippen LogP) is 3.87. The number of rotatable bonds is 5. The Balaban J connectivity index is 1.71. The van der Waals surface area contributed by atoms with Crippen molar-refractivity contribution in [3.05, 3.63) is 59.9 Å². The van der Waals surface area contributed by atoms with E-state index in [4.69, 9.17) is 13.9 Å². The summed E-state index contributed by atoms with van der Waals surface area (Å²) in [5, 5.41) is 0.602. The fourth-order valence-electron chi connectivity index (χ4n) is 2.69. The maximum Gasteiger partial charge on any atom is 0.298 e. The van der Waals surface area contributed by atoms with Gasteiger partial charge < -0.3 is 13.9 Å². The zero-order valence-corrected chi connectivity index (χ0v) is 15.1. The molecular weight excluding hydrogens is 352 g/mol. The highest BCUT2D eigenvalue weighted by atomic mass is 32.1. The minimum absolute atomic E-state index is 0.177. The Bertz CT molecular complexity index is 946. The molecule has 2 aromatic heterocycles. The number of hydrogen-bond acceptors (Lipinski definition) is 6. The van der Waals surface area contributed by atoms with Gasteiger partial charge >= 0.3 is 0 Å². The van der Waals surface area contributed by atoms with Crippen molar-refractivity contribution in [2.75, 3.05) is 18.1 Å². The monoisotopic (exact) mass is 370 g/mol. The zero-order chi connectivity index (χ0) is 17.9. The summed E-state index contributed by atoms with van der Waals surface area (Å²) >= 11 is 1.48. The first kappa shape index (κ1) is 16.7. The fourth-order valence-corrected chi connectivity index (χ4v) is 3.72. The van der Waals surface area contributed by atoms with E-state index in [9.17, 15) is 4.79 Å². The molecule has 0 atom stereocenters. The lowest BCUT2D eigenvalue weighted by molar-refractivity contribution is -0.120. The maximum absolute atomic E-state index is 13.0. The van der Waals surface area contributed by atoms with Crippen LogP contribution in [0.3, 0.4) is 0 Å². The molecule has 6 nitrogen and oxygen atoms in total. The second-order valence-electron chi connectivity index (χ2n) is 5.82. The van der Waals surface area contributed by atoms with Crippen molar-refractivity contribution in [1.82, 2.24) is 4.98 Å². The van der Waals surface area contributed by atoms with Gasteiger partial charge in [-0.15, -0.1) is 0 Å². The summed E-state index contributed by atoms with van der Waals surface area (Å²) in [7, 11) is 0. The third kappa shape index (κ3) is 3.30. The fraction of sp³-hybridized carbons (Fsp3) is 0.263. The number of aromatic nitrogens is 1. The highest BCUT2D eigenvalue weighted by Crippen LogP contribution is 2.32. The molecule has 0 spiro atoms. The number of hydrogen-bond donors (Lipinski definition) is 0. The molecule has 1 aliphatic rings. The third-order valence-corrected chi connectivity index (χ3v) is 5.12. The van der Waals surface area contributed by atoms with Gasteiger partial charge in [0, 0.05) is 0 Å². The smallest absolute Gasteiger partial charge is 0.298 e. The van der Waals surface area contributed by atoms with E-state index in [0.717, 1.165) is 16.6 Å². The van der Waals surface area contributed by atoms with Crippen molar-refractivity contribution in [3.63, 3.8) is 0 Å². The number of nitrogens with zero attached hydrogens (tertiary/aromatic N) is 2. The highest BCUT2D eigenvalue weighted by Gasteiger charge is 2.27. The van der Waals surface area contributed by atoms with E-state index in [0.29, 0.717) is 24.1 Å². The summed E-state index contributed by atoms with van der Waals surface area (Å²) in [5.74, 6) is 0.552. The van der Waals surface area contributed by atoms with Gasteiger partial charge in [-0.05, 0) is 36.2 Å². The number of anilines is 1. The van der Waals surface area contributed by atoms with Gasteiger partial charge in [-0.3, -0.25) is 9.69 Å². The standard InChI is InChI=1S/C19H18N2O4S/c1-2-13-5-6-15-17(10-13)26-19(20-15)21(11-14-4-3-7-24-14)18(22)16-12-23-8-9-25-16/h3-7,10,12H,2,8-9,11H2,1H3. The molecule has 0 unspecified atom stereocenters. The first-order chi connectivity index (χ1) is 12.7. The Morgan fingerprint density at radius 1 is 1.31 bits per heavy atom. The third-order valence-electron chi connectivity index (χ3n) is 4.08. The Labute approximate surface area is 154 Å². The molecule has 3 aromatic rings. The van der Waals surface area contributed by atoms with E-state index < -0.39 is 0 Å². The minimum atomic E-state index is -0.295. The van der Waals surface area contributed by atoms with Crippen LogP contribution in [-0.4, -0.2) is 24.1 Å². The first-order valence-corrected chi connectivity index (χ1v) is 9.24. The molecule has 26 heavy (non-hydrogen) atoms. The number of ether oxygens (including phenoxy) is 2. The van der Waals surface area contributed by atoms with Gasteiger partial charge in [0.05, 0.1) is 23.0 Å². The predicted molar refractivity (Wildman–Crippen MR) is 98.9 cm³/mol. The number of benzene rings is 1. The molecule has 0 saturated heterocycles. The van der Waals surface area contributed by atoms with Crippen molar-refractivity contribution in [2.45, 2.75) is 19.9 Å². The second kappa shape index (κ2) is 7.21. The van der Waals surface area contributed by atoms with Crippen molar-refractivity contribution < 1.29 is 18.7 Å². The van der Waals surface area contributed by atoms with Crippen LogP contribution in [0.1, 0.15) is 18.2 Å². The highest BCUT2D eigenvalue weighted by molar-refractivity contribution is 7.22. The Morgan fingerprint density at radius 3 is 2.96 bits per heavy atom. The first-order valence-electron chi connectivity index (χ1n) is 8.43. The van der Waals surface area contributed by atoms with Crippen LogP contribution in [0.15, 0.2) is 53.0 Å². The van der Waals surface area contributed by atoms with Crippen molar-refractivity contribution in [2.24, 2.45) is 0 Å². The molecule has 1 amide bonds. The molecule has 3 heterocycles. The van der Waals surface area contributed by atoms with Crippen LogP contribution in [0, 0.1) is 0 Å². The Morgan fingerprint density at radius 2 is 2.23 bits per heavy atom. The van der Waals surface area contributed by atoms with Crippen LogP contribution < -0.4 is 4.90 Å². The molecule has 4 rings (SSSR count). The maximum atomic E-state index is 13.0. The lowest BCUT2D eigenvalue weighted by atomic mass is 10.2. The number of aryl methyl sites for hydroxylation is 1. The van der Waals surface area contributed by atoms with Crippen molar-refractivity contribution >= 4 is 32.6 Å². The van der Waals surface area contributed by atoms with E-state index >= 15 is 0 Å². The molecule has 1 aliphatic heterocycles. The van der Waals surface area contributed by atoms with Crippen LogP contribution >= 0.6 is 11.3 Å². The molecule has 0 radical (unpaired) electrons. The molecule has 0 fully saturated rings. The molecule has 0 bridgehead atoms. The normalized spacial score (nSPS) is 13.8. The second-order valence-corrected chi connectivity index (χ2v) is 6.83. The van der Waals surface area contributed by atoms with Crippen LogP contribution in [0.2, 0.25) is 0 Å². The van der Waals surface area contributed by atoms with Crippen molar-refractivity contribution in [1.29, 1.82) is 0 Å². The Kier molecular flexibility index (Phi) is 4.62. The molecule has 7 heteroatoms. The zero-order valence-electron chi connectivity index (χ0n) is 14.3. The summed E-state index contributed by atoms with van der Waals surface area (Å²) < 4.78 is 17.2. The van der Waals surface area contributed by atoms with E-state index in [1.807, 2.05) is 12.1 Å². The topological polar surface area (TPSA) is 64.8 Å². The summed E-state index contributed by atoms with van der Waals surface area (Å²) in [6, 6.07) is 9.79. The SMILES string of the molecule is CCc1ccc2nc(N(Cc3ccco3)C(=O)C3=COCCO3)sc2c1. The summed E-state index contributed by atoms with van der Waals surface area (Å²) in [4.78, 5) is 19.2. The van der Waals surface area contributed by atoms with Gasteiger partial charge in [0.15, 0.2) is 5.13 Å². The molecule has 0 saturated carbocycles. The van der Waals surface area contributed by atoms with Crippen molar-refractivity contribution in [3.8, 4) is 0 Å². The summed E-state index contributed by atoms with van der Waals surface area (Å²) in [6.07, 6.45) is 3.91. The van der Waals surface area contributed by atoms with Crippen LogP contribution in [0.25, 0.3) is 10.2 Å². The molecule has 134 valence electrons. The van der Waals surface area contributed by atoms with E-state index in [1.54, 1.807) is 17.2 Å². The average molecular weight is 370 g/mol. The number of carbonyl (C=O) groups excluding carboxylic acids is 1. The van der Waals surface area contributed by atoms with Gasteiger partial charge in [-0.2, -0.15) is 0 Å². The van der Waals surface area contributed by atoms with Gasteiger partial charge in [0.1, 0.15) is 25.2 Å². The Hall–Kier alpha value is -2.80.